The van der Waals surface area contributed by atoms with Gasteiger partial charge in [-0.2, -0.15) is 5.10 Å². The highest BCUT2D eigenvalue weighted by Gasteiger charge is 2.23. The Kier molecular flexibility index (Phi) is 4.34. The van der Waals surface area contributed by atoms with Crippen molar-refractivity contribution in [1.29, 1.82) is 0 Å². The molecule has 7 heteroatoms. The summed E-state index contributed by atoms with van der Waals surface area (Å²) in [4.78, 5) is 23.4. The fourth-order valence-corrected chi connectivity index (χ4v) is 1.88. The van der Waals surface area contributed by atoms with Crippen LogP contribution < -0.4 is 11.1 Å². The number of aromatic nitrogens is 2. The molecule has 0 aliphatic heterocycles. The summed E-state index contributed by atoms with van der Waals surface area (Å²) in [6.45, 7) is 0.384. The molecule has 7 nitrogen and oxygen atoms in total. The minimum atomic E-state index is -1.14. The lowest BCUT2D eigenvalue weighted by Crippen LogP contribution is -2.33. The van der Waals surface area contributed by atoms with Crippen molar-refractivity contribution in [3.8, 4) is 0 Å². The van der Waals surface area contributed by atoms with Crippen molar-refractivity contribution in [3.63, 3.8) is 0 Å². The minimum Gasteiger partial charge on any atom is -0.479 e. The van der Waals surface area contributed by atoms with Gasteiger partial charge in [0.05, 0.1) is 6.20 Å². The Labute approximate surface area is 121 Å². The second-order valence-corrected chi connectivity index (χ2v) is 4.59. The monoisotopic (exact) mass is 288 g/mol. The number of carboxylic acids is 1. The van der Waals surface area contributed by atoms with Crippen molar-refractivity contribution >= 4 is 11.9 Å². The second-order valence-electron chi connectivity index (χ2n) is 4.59. The summed E-state index contributed by atoms with van der Waals surface area (Å²) in [6, 6.07) is 5.54. The molecule has 21 heavy (non-hydrogen) atoms. The third-order valence-corrected chi connectivity index (χ3v) is 3.03. The highest BCUT2D eigenvalue weighted by atomic mass is 16.4. The molecule has 2 aromatic rings. The fourth-order valence-electron chi connectivity index (χ4n) is 1.88. The second kappa shape index (κ2) is 6.19. The summed E-state index contributed by atoms with van der Waals surface area (Å²) in [5.74, 6) is -1.61. The van der Waals surface area contributed by atoms with Gasteiger partial charge in [-0.15, -0.1) is 0 Å². The van der Waals surface area contributed by atoms with Crippen LogP contribution in [0.5, 0.6) is 0 Å². The average molecular weight is 288 g/mol. The number of nitrogens with one attached hydrogen (secondary N) is 1. The molecule has 0 saturated heterocycles. The van der Waals surface area contributed by atoms with E-state index in [9.17, 15) is 14.7 Å². The summed E-state index contributed by atoms with van der Waals surface area (Å²) in [6.07, 6.45) is 2.97. The Balaban J connectivity index is 2.16. The number of hydrogen-bond donors (Lipinski definition) is 3. The number of aliphatic carboxylic acids is 1. The van der Waals surface area contributed by atoms with Crippen molar-refractivity contribution in [1.82, 2.24) is 15.1 Å². The van der Waals surface area contributed by atoms with Gasteiger partial charge in [-0.05, 0) is 17.7 Å². The predicted octanol–water partition coefficient (Wildman–Crippen LogP) is 0.434. The third kappa shape index (κ3) is 3.46. The van der Waals surface area contributed by atoms with Crippen LogP contribution in [0.3, 0.4) is 0 Å². The molecule has 2 rings (SSSR count). The van der Waals surface area contributed by atoms with Gasteiger partial charge in [0.1, 0.15) is 0 Å². The van der Waals surface area contributed by atoms with Crippen LogP contribution in [0.1, 0.15) is 27.5 Å². The van der Waals surface area contributed by atoms with Gasteiger partial charge in [0.2, 0.25) is 0 Å². The molecule has 110 valence electrons. The largest absolute Gasteiger partial charge is 0.479 e. The Morgan fingerprint density at radius 1 is 1.38 bits per heavy atom. The van der Waals surface area contributed by atoms with E-state index in [-0.39, 0.29) is 0 Å². The highest BCUT2D eigenvalue weighted by molar-refractivity contribution is 5.96. The van der Waals surface area contributed by atoms with Crippen LogP contribution in [0.4, 0.5) is 0 Å². The van der Waals surface area contributed by atoms with Crippen LogP contribution in [0, 0.1) is 0 Å². The number of hydrogen-bond acceptors (Lipinski definition) is 4. The van der Waals surface area contributed by atoms with Crippen LogP contribution in [-0.4, -0.2) is 26.8 Å². The molecule has 0 radical (unpaired) electrons. The molecule has 0 aliphatic carbocycles. The first-order valence-corrected chi connectivity index (χ1v) is 6.32. The lowest BCUT2D eigenvalue weighted by molar-refractivity contribution is -0.139. The van der Waals surface area contributed by atoms with Gasteiger partial charge in [0.25, 0.3) is 5.91 Å². The first-order valence-electron chi connectivity index (χ1n) is 6.32. The smallest absolute Gasteiger partial charge is 0.331 e. The zero-order valence-corrected chi connectivity index (χ0v) is 11.5. The summed E-state index contributed by atoms with van der Waals surface area (Å²) in [5, 5.41) is 15.6. The van der Waals surface area contributed by atoms with E-state index in [0.717, 1.165) is 5.56 Å². The number of carbonyl (C=O) groups excluding carboxylic acids is 1. The summed E-state index contributed by atoms with van der Waals surface area (Å²) in [7, 11) is 1.68. The van der Waals surface area contributed by atoms with Crippen molar-refractivity contribution in [2.75, 3.05) is 0 Å². The maximum absolute atomic E-state index is 12.1. The van der Waals surface area contributed by atoms with Crippen LogP contribution in [-0.2, 0) is 18.4 Å². The molecule has 4 N–H and O–H groups in total. The fraction of sp³-hybridized carbons (Fsp3) is 0.214. The van der Waals surface area contributed by atoms with Gasteiger partial charge >= 0.3 is 5.97 Å². The van der Waals surface area contributed by atoms with Crippen LogP contribution in [0.15, 0.2) is 36.7 Å². The number of benzene rings is 1. The minimum absolute atomic E-state index is 0.377. The first-order chi connectivity index (χ1) is 10.0. The number of carboxylic acid groups (broad SMARTS) is 1. The molecule has 1 unspecified atom stereocenters. The van der Waals surface area contributed by atoms with Crippen molar-refractivity contribution in [2.24, 2.45) is 12.8 Å². The summed E-state index contributed by atoms with van der Waals surface area (Å²) >= 11 is 0. The predicted molar refractivity (Wildman–Crippen MR) is 75.4 cm³/mol. The van der Waals surface area contributed by atoms with Crippen LogP contribution in [0.25, 0.3) is 0 Å². The van der Waals surface area contributed by atoms with Crippen LogP contribution >= 0.6 is 0 Å². The summed E-state index contributed by atoms with van der Waals surface area (Å²) in [5.41, 5.74) is 7.18. The zero-order chi connectivity index (χ0) is 15.4. The average Bonchev–Trinajstić information content (AvgIpc) is 2.90. The quantitative estimate of drug-likeness (QED) is 0.739. The van der Waals surface area contributed by atoms with Gasteiger partial charge < -0.3 is 16.2 Å². The highest BCUT2D eigenvalue weighted by Crippen LogP contribution is 2.13. The van der Waals surface area contributed by atoms with E-state index in [1.165, 1.54) is 10.9 Å². The van der Waals surface area contributed by atoms with E-state index in [4.69, 9.17) is 5.73 Å². The van der Waals surface area contributed by atoms with Crippen molar-refractivity contribution < 1.29 is 14.7 Å². The zero-order valence-electron chi connectivity index (χ0n) is 11.5. The SMILES string of the molecule is Cn1cc(C(NC(=O)c2ccc(CN)cc2)C(=O)O)cn1. The van der Waals surface area contributed by atoms with E-state index >= 15 is 0 Å². The van der Waals surface area contributed by atoms with Gasteiger partial charge in [0, 0.05) is 30.9 Å². The Bertz CT molecular complexity index is 648. The van der Waals surface area contributed by atoms with Gasteiger partial charge in [-0.25, -0.2) is 4.79 Å². The van der Waals surface area contributed by atoms with Crippen molar-refractivity contribution in [3.05, 3.63) is 53.3 Å². The van der Waals surface area contributed by atoms with Crippen LogP contribution in [0.2, 0.25) is 0 Å². The Hall–Kier alpha value is -2.67. The molecule has 0 saturated carbocycles. The normalized spacial score (nSPS) is 11.9. The van der Waals surface area contributed by atoms with Gasteiger partial charge in [0.15, 0.2) is 6.04 Å². The van der Waals surface area contributed by atoms with Crippen molar-refractivity contribution in [2.45, 2.75) is 12.6 Å². The topological polar surface area (TPSA) is 110 Å². The summed E-state index contributed by atoms with van der Waals surface area (Å²) < 4.78 is 1.48. The Morgan fingerprint density at radius 3 is 2.52 bits per heavy atom. The molecule has 0 fully saturated rings. The molecule has 1 heterocycles. The number of rotatable bonds is 5. The number of amides is 1. The van der Waals surface area contributed by atoms with Gasteiger partial charge in [-0.1, -0.05) is 12.1 Å². The molecule has 1 aromatic carbocycles. The lowest BCUT2D eigenvalue weighted by Gasteiger charge is -2.13. The molecular weight excluding hydrogens is 272 g/mol. The molecule has 0 aliphatic rings. The number of nitrogens with two attached hydrogens (primary N) is 1. The van der Waals surface area contributed by atoms with Gasteiger partial charge in [-0.3, -0.25) is 9.48 Å². The first kappa shape index (κ1) is 14.7. The van der Waals surface area contributed by atoms with E-state index < -0.39 is 17.9 Å². The molecule has 0 bridgehead atoms. The molecule has 1 amide bonds. The molecular formula is C14H16N4O3. The molecule has 0 spiro atoms. The van der Waals surface area contributed by atoms with E-state index in [1.54, 1.807) is 37.5 Å². The Morgan fingerprint density at radius 2 is 2.05 bits per heavy atom. The molecule has 1 aromatic heterocycles. The number of carbonyl (C=O) groups is 2. The number of aryl methyl sites for hydroxylation is 1. The maximum atomic E-state index is 12.1. The lowest BCUT2D eigenvalue weighted by atomic mass is 10.1. The molecule has 1 atom stereocenters. The standard InChI is InChI=1S/C14H16N4O3/c1-18-8-11(7-16-18)12(14(20)21)17-13(19)10-4-2-9(6-15)3-5-10/h2-5,7-8,12H,6,15H2,1H3,(H,17,19)(H,20,21). The third-order valence-electron chi connectivity index (χ3n) is 3.03. The maximum Gasteiger partial charge on any atom is 0.331 e. The van der Waals surface area contributed by atoms with E-state index in [0.29, 0.717) is 17.7 Å². The van der Waals surface area contributed by atoms with E-state index in [1.807, 2.05) is 0 Å². The van der Waals surface area contributed by atoms with E-state index in [2.05, 4.69) is 10.4 Å². The number of nitrogens with zero attached hydrogens (tertiary/aromatic N) is 2.